The lowest BCUT2D eigenvalue weighted by Gasteiger charge is -2.11. The third-order valence-electron chi connectivity index (χ3n) is 1.89. The summed E-state index contributed by atoms with van der Waals surface area (Å²) in [6.45, 7) is 5.66. The van der Waals surface area contributed by atoms with E-state index in [4.69, 9.17) is 4.74 Å². The van der Waals surface area contributed by atoms with Crippen LogP contribution in [0.4, 0.5) is 0 Å². The molecule has 0 radical (unpaired) electrons. The fourth-order valence-corrected chi connectivity index (χ4v) is 0.820. The zero-order valence-corrected chi connectivity index (χ0v) is 7.92. The summed E-state index contributed by atoms with van der Waals surface area (Å²) in [5.41, 5.74) is 0. The minimum atomic E-state index is -0.720. The average molecular weight is 172 g/mol. The molecule has 0 aliphatic heterocycles. The molecule has 0 aliphatic carbocycles. The zero-order chi connectivity index (χ0) is 9.56. The molecule has 0 heterocycles. The minimum absolute atomic E-state index is 0.366. The molecule has 0 amide bonds. The predicted molar refractivity (Wildman–Crippen MR) is 45.7 cm³/mol. The number of esters is 1. The van der Waals surface area contributed by atoms with Gasteiger partial charge in [0.2, 0.25) is 5.78 Å². The number of carbonyl (C=O) groups excluding carboxylic acids is 2. The van der Waals surface area contributed by atoms with E-state index < -0.39 is 11.8 Å². The molecule has 0 unspecified atom stereocenters. The Balaban J connectivity index is 3.66. The molecule has 0 fully saturated rings. The molecule has 12 heavy (non-hydrogen) atoms. The predicted octanol–water partition coefficient (Wildman–Crippen LogP) is 1.55. The first-order valence-corrected chi connectivity index (χ1v) is 4.29. The second kappa shape index (κ2) is 5.75. The van der Waals surface area contributed by atoms with Gasteiger partial charge in [-0.25, -0.2) is 4.79 Å². The summed E-state index contributed by atoms with van der Waals surface area (Å²) in [5, 5.41) is 0. The van der Waals surface area contributed by atoms with Gasteiger partial charge >= 0.3 is 5.97 Å². The zero-order valence-electron chi connectivity index (χ0n) is 7.92. The highest BCUT2D eigenvalue weighted by Crippen LogP contribution is 2.07. The fraction of sp³-hybridized carbons (Fsp3) is 0.778. The lowest BCUT2D eigenvalue weighted by atomic mass is 10.1. The molecule has 70 valence electrons. The van der Waals surface area contributed by atoms with Crippen molar-refractivity contribution in [1.29, 1.82) is 0 Å². The molecule has 0 atom stereocenters. The lowest BCUT2D eigenvalue weighted by Crippen LogP contribution is -2.18. The molecule has 0 spiro atoms. The molecule has 0 saturated carbocycles. The van der Waals surface area contributed by atoms with Crippen LogP contribution in [-0.2, 0) is 14.3 Å². The van der Waals surface area contributed by atoms with Crippen molar-refractivity contribution in [2.75, 3.05) is 6.61 Å². The molecule has 3 nitrogen and oxygen atoms in total. The van der Waals surface area contributed by atoms with Crippen LogP contribution < -0.4 is 0 Å². The maximum Gasteiger partial charge on any atom is 0.374 e. The van der Waals surface area contributed by atoms with Gasteiger partial charge in [0.05, 0.1) is 6.61 Å². The van der Waals surface area contributed by atoms with E-state index in [0.717, 1.165) is 12.8 Å². The van der Waals surface area contributed by atoms with Crippen molar-refractivity contribution in [3.63, 3.8) is 0 Å². The van der Waals surface area contributed by atoms with Gasteiger partial charge in [0.1, 0.15) is 0 Å². The Bertz CT molecular complexity index is 159. The Morgan fingerprint density at radius 1 is 1.25 bits per heavy atom. The van der Waals surface area contributed by atoms with E-state index in [9.17, 15) is 9.59 Å². The number of hydrogen-bond acceptors (Lipinski definition) is 3. The summed E-state index contributed by atoms with van der Waals surface area (Å²) in [5.74, 6) is -0.865. The van der Waals surface area contributed by atoms with Crippen LogP contribution in [0, 0.1) is 5.92 Å². The van der Waals surface area contributed by atoms with Crippen molar-refractivity contribution < 1.29 is 14.3 Å². The Hall–Kier alpha value is -0.860. The highest BCUT2D eigenvalue weighted by Gasteiger charge is 2.11. The van der Waals surface area contributed by atoms with E-state index in [0.29, 0.717) is 12.5 Å². The van der Waals surface area contributed by atoms with Crippen LogP contribution in [-0.4, -0.2) is 18.4 Å². The minimum Gasteiger partial charge on any atom is -0.460 e. The van der Waals surface area contributed by atoms with Crippen molar-refractivity contribution >= 4 is 11.8 Å². The second-order valence-corrected chi connectivity index (χ2v) is 2.84. The number of Topliss-reactive ketones (excluding diaryl/α,β-unsaturated/α-hetero) is 1. The summed E-state index contributed by atoms with van der Waals surface area (Å²) in [6.07, 6.45) is 1.95. The summed E-state index contributed by atoms with van der Waals surface area (Å²) in [7, 11) is 0. The van der Waals surface area contributed by atoms with Crippen LogP contribution in [0.1, 0.15) is 33.6 Å². The summed E-state index contributed by atoms with van der Waals surface area (Å²) < 4.78 is 4.76. The number of ketones is 1. The number of rotatable bonds is 5. The molecule has 0 aromatic carbocycles. The van der Waals surface area contributed by atoms with Gasteiger partial charge in [-0.1, -0.05) is 26.7 Å². The monoisotopic (exact) mass is 172 g/mol. The molecule has 0 N–H and O–H groups in total. The standard InChI is InChI=1S/C9H16O3/c1-4-8(5-2)6-12-9(11)7(3)10/h8H,4-6H2,1-3H3. The molecule has 0 aliphatic rings. The van der Waals surface area contributed by atoms with E-state index in [1.807, 2.05) is 13.8 Å². The van der Waals surface area contributed by atoms with E-state index in [-0.39, 0.29) is 0 Å². The third-order valence-corrected chi connectivity index (χ3v) is 1.89. The number of hydrogen-bond donors (Lipinski definition) is 0. The van der Waals surface area contributed by atoms with Gasteiger partial charge in [0.15, 0.2) is 0 Å². The molecule has 3 heteroatoms. The van der Waals surface area contributed by atoms with Crippen LogP contribution in [0.25, 0.3) is 0 Å². The van der Waals surface area contributed by atoms with Gasteiger partial charge in [0.25, 0.3) is 0 Å². The molecule has 0 saturated heterocycles. The van der Waals surface area contributed by atoms with Gasteiger partial charge in [-0.3, -0.25) is 4.79 Å². The van der Waals surface area contributed by atoms with Crippen LogP contribution in [0.5, 0.6) is 0 Å². The van der Waals surface area contributed by atoms with Gasteiger partial charge in [-0.2, -0.15) is 0 Å². The van der Waals surface area contributed by atoms with Crippen LogP contribution in [0.15, 0.2) is 0 Å². The van der Waals surface area contributed by atoms with E-state index in [1.165, 1.54) is 6.92 Å². The van der Waals surface area contributed by atoms with Gasteiger partial charge < -0.3 is 4.74 Å². The maximum absolute atomic E-state index is 10.7. The molecule has 0 aromatic heterocycles. The van der Waals surface area contributed by atoms with Crippen molar-refractivity contribution in [2.45, 2.75) is 33.6 Å². The largest absolute Gasteiger partial charge is 0.460 e. The van der Waals surface area contributed by atoms with Gasteiger partial charge in [-0.15, -0.1) is 0 Å². The summed E-state index contributed by atoms with van der Waals surface area (Å²) in [6, 6.07) is 0. The highest BCUT2D eigenvalue weighted by molar-refractivity contribution is 6.32. The van der Waals surface area contributed by atoms with Gasteiger partial charge in [0, 0.05) is 6.92 Å². The maximum atomic E-state index is 10.7. The van der Waals surface area contributed by atoms with Crippen LogP contribution in [0.3, 0.4) is 0 Å². The normalized spacial score (nSPS) is 10.0. The van der Waals surface area contributed by atoms with Gasteiger partial charge in [-0.05, 0) is 5.92 Å². The molecule has 0 rings (SSSR count). The average Bonchev–Trinajstić information content (AvgIpc) is 2.05. The van der Waals surface area contributed by atoms with Crippen molar-refractivity contribution in [1.82, 2.24) is 0 Å². The number of ether oxygens (including phenoxy) is 1. The quantitative estimate of drug-likeness (QED) is 0.467. The van der Waals surface area contributed by atoms with Crippen LogP contribution in [0.2, 0.25) is 0 Å². The Kier molecular flexibility index (Phi) is 5.34. The Morgan fingerprint density at radius 2 is 1.75 bits per heavy atom. The summed E-state index contributed by atoms with van der Waals surface area (Å²) in [4.78, 5) is 21.2. The summed E-state index contributed by atoms with van der Waals surface area (Å²) >= 11 is 0. The molecular formula is C9H16O3. The van der Waals surface area contributed by atoms with Crippen molar-refractivity contribution in [2.24, 2.45) is 5.92 Å². The topological polar surface area (TPSA) is 43.4 Å². The first-order valence-electron chi connectivity index (χ1n) is 4.29. The fourth-order valence-electron chi connectivity index (χ4n) is 0.820. The lowest BCUT2D eigenvalue weighted by molar-refractivity contribution is -0.154. The molecule has 0 bridgehead atoms. The molecular weight excluding hydrogens is 156 g/mol. The first-order chi connectivity index (χ1) is 5.61. The van der Waals surface area contributed by atoms with E-state index >= 15 is 0 Å². The van der Waals surface area contributed by atoms with E-state index in [1.54, 1.807) is 0 Å². The first kappa shape index (κ1) is 11.1. The van der Waals surface area contributed by atoms with Crippen molar-refractivity contribution in [3.8, 4) is 0 Å². The van der Waals surface area contributed by atoms with E-state index in [2.05, 4.69) is 0 Å². The SMILES string of the molecule is CCC(CC)COC(=O)C(C)=O. The second-order valence-electron chi connectivity index (χ2n) is 2.84. The Morgan fingerprint density at radius 3 is 2.08 bits per heavy atom. The van der Waals surface area contributed by atoms with Crippen molar-refractivity contribution in [3.05, 3.63) is 0 Å². The Labute approximate surface area is 73.1 Å². The molecule has 0 aromatic rings. The van der Waals surface area contributed by atoms with Crippen LogP contribution >= 0.6 is 0 Å². The highest BCUT2D eigenvalue weighted by atomic mass is 16.5. The third kappa shape index (κ3) is 4.11. The smallest absolute Gasteiger partial charge is 0.374 e. The number of carbonyl (C=O) groups is 2.